The highest BCUT2D eigenvalue weighted by molar-refractivity contribution is 5.91. The predicted octanol–water partition coefficient (Wildman–Crippen LogP) is 3.00. The summed E-state index contributed by atoms with van der Waals surface area (Å²) in [5.41, 5.74) is 0.372. The first-order chi connectivity index (χ1) is 15.5. The molecule has 32 heavy (non-hydrogen) atoms. The van der Waals surface area contributed by atoms with E-state index < -0.39 is 23.0 Å². The number of carbonyl (C=O) groups excluding carboxylic acids is 1. The Kier molecular flexibility index (Phi) is 5.85. The van der Waals surface area contributed by atoms with Crippen molar-refractivity contribution in [3.05, 3.63) is 105 Å². The van der Waals surface area contributed by atoms with Crippen LogP contribution in [0.25, 0.3) is 10.9 Å². The number of ether oxygens (including phenoxy) is 1. The van der Waals surface area contributed by atoms with Crippen molar-refractivity contribution in [2.45, 2.75) is 13.1 Å². The van der Waals surface area contributed by atoms with E-state index in [1.165, 1.54) is 35.9 Å². The highest BCUT2D eigenvalue weighted by atomic mass is 19.1. The summed E-state index contributed by atoms with van der Waals surface area (Å²) in [6, 6.07) is 19.0. The van der Waals surface area contributed by atoms with Gasteiger partial charge in [0.25, 0.3) is 5.56 Å². The molecule has 1 aromatic heterocycles. The molecular weight excluding hydrogens is 413 g/mol. The maximum absolute atomic E-state index is 13.2. The third kappa shape index (κ3) is 4.29. The number of aromatic nitrogens is 2. The third-order valence-corrected chi connectivity index (χ3v) is 5.04. The largest absolute Gasteiger partial charge is 0.497 e. The molecule has 0 atom stereocenters. The van der Waals surface area contributed by atoms with Crippen LogP contribution in [0.15, 0.2) is 82.4 Å². The predicted molar refractivity (Wildman–Crippen MR) is 120 cm³/mol. The summed E-state index contributed by atoms with van der Waals surface area (Å²) in [7, 11) is 1.52. The van der Waals surface area contributed by atoms with Gasteiger partial charge in [-0.2, -0.15) is 0 Å². The van der Waals surface area contributed by atoms with Crippen LogP contribution in [0.2, 0.25) is 0 Å². The first kappa shape index (κ1) is 21.0. The van der Waals surface area contributed by atoms with E-state index in [1.54, 1.807) is 48.5 Å². The number of benzene rings is 3. The van der Waals surface area contributed by atoms with Gasteiger partial charge in [0.05, 0.1) is 24.6 Å². The van der Waals surface area contributed by atoms with Gasteiger partial charge in [-0.1, -0.05) is 30.3 Å². The minimum atomic E-state index is -0.626. The smallest absolute Gasteiger partial charge is 0.332 e. The summed E-state index contributed by atoms with van der Waals surface area (Å²) in [4.78, 5) is 38.9. The summed E-state index contributed by atoms with van der Waals surface area (Å²) < 4.78 is 20.7. The SMILES string of the molecule is COc1cccc(NC(=O)Cn2c(=O)n(Cc3ccc(F)cc3)c(=O)c3ccccc32)c1. The molecule has 1 N–H and O–H groups in total. The van der Waals surface area contributed by atoms with E-state index >= 15 is 0 Å². The maximum Gasteiger partial charge on any atom is 0.332 e. The lowest BCUT2D eigenvalue weighted by atomic mass is 10.2. The lowest BCUT2D eigenvalue weighted by Gasteiger charge is -2.14. The standard InChI is InChI=1S/C24H20FN3O4/c1-32-19-6-4-5-18(13-19)26-22(29)15-27-21-8-3-2-7-20(21)23(30)28(24(27)31)14-16-9-11-17(25)12-10-16/h2-13H,14-15H2,1H3,(H,26,29). The van der Waals surface area contributed by atoms with Crippen LogP contribution in [0, 0.1) is 5.82 Å². The van der Waals surface area contributed by atoms with Crippen molar-refractivity contribution in [2.24, 2.45) is 0 Å². The molecule has 0 bridgehead atoms. The molecule has 8 heteroatoms. The number of methoxy groups -OCH3 is 1. The Morgan fingerprint density at radius 3 is 2.47 bits per heavy atom. The molecule has 7 nitrogen and oxygen atoms in total. The van der Waals surface area contributed by atoms with Crippen molar-refractivity contribution < 1.29 is 13.9 Å². The topological polar surface area (TPSA) is 82.3 Å². The van der Waals surface area contributed by atoms with Gasteiger partial charge in [0, 0.05) is 11.8 Å². The Bertz CT molecular complexity index is 1410. The number of halogens is 1. The monoisotopic (exact) mass is 433 g/mol. The summed E-state index contributed by atoms with van der Waals surface area (Å²) in [5, 5.41) is 3.05. The zero-order chi connectivity index (χ0) is 22.7. The van der Waals surface area contributed by atoms with Crippen LogP contribution in [-0.2, 0) is 17.9 Å². The van der Waals surface area contributed by atoms with Gasteiger partial charge in [0.1, 0.15) is 18.1 Å². The zero-order valence-electron chi connectivity index (χ0n) is 17.2. The van der Waals surface area contributed by atoms with E-state index in [-0.39, 0.29) is 13.1 Å². The Balaban J connectivity index is 1.73. The van der Waals surface area contributed by atoms with Crippen LogP contribution in [0.1, 0.15) is 5.56 Å². The van der Waals surface area contributed by atoms with Crippen molar-refractivity contribution in [1.29, 1.82) is 0 Å². The molecule has 0 saturated heterocycles. The van der Waals surface area contributed by atoms with E-state index in [1.807, 2.05) is 0 Å². The maximum atomic E-state index is 13.2. The van der Waals surface area contributed by atoms with Gasteiger partial charge in [-0.3, -0.25) is 18.7 Å². The molecule has 0 unspecified atom stereocenters. The van der Waals surface area contributed by atoms with Gasteiger partial charge in [0.2, 0.25) is 5.91 Å². The average molecular weight is 433 g/mol. The lowest BCUT2D eigenvalue weighted by molar-refractivity contribution is -0.116. The molecule has 0 fully saturated rings. The number of amides is 1. The Morgan fingerprint density at radius 1 is 0.969 bits per heavy atom. The second kappa shape index (κ2) is 8.89. The fraction of sp³-hybridized carbons (Fsp3) is 0.125. The summed E-state index contributed by atoms with van der Waals surface area (Å²) in [6.45, 7) is -0.333. The average Bonchev–Trinajstić information content (AvgIpc) is 2.81. The lowest BCUT2D eigenvalue weighted by Crippen LogP contribution is -2.42. The summed E-state index contributed by atoms with van der Waals surface area (Å²) in [6.07, 6.45) is 0. The second-order valence-corrected chi connectivity index (χ2v) is 7.18. The first-order valence-electron chi connectivity index (χ1n) is 9.87. The van der Waals surface area contributed by atoms with Crippen molar-refractivity contribution in [3.8, 4) is 5.75 Å². The minimum Gasteiger partial charge on any atom is -0.497 e. The van der Waals surface area contributed by atoms with Crippen LogP contribution >= 0.6 is 0 Å². The van der Waals surface area contributed by atoms with Crippen LogP contribution in [0.3, 0.4) is 0 Å². The van der Waals surface area contributed by atoms with Crippen LogP contribution < -0.4 is 21.3 Å². The van der Waals surface area contributed by atoms with Gasteiger partial charge in [0.15, 0.2) is 0 Å². The summed E-state index contributed by atoms with van der Waals surface area (Å²) >= 11 is 0. The van der Waals surface area contributed by atoms with Gasteiger partial charge in [-0.25, -0.2) is 9.18 Å². The second-order valence-electron chi connectivity index (χ2n) is 7.18. The normalized spacial score (nSPS) is 10.8. The number of para-hydroxylation sites is 1. The van der Waals surface area contributed by atoms with Gasteiger partial charge >= 0.3 is 5.69 Å². The molecule has 1 heterocycles. The number of fused-ring (bicyclic) bond motifs is 1. The molecule has 0 aliphatic carbocycles. The van der Waals surface area contributed by atoms with E-state index in [0.29, 0.717) is 27.9 Å². The molecule has 4 aromatic rings. The molecule has 162 valence electrons. The number of nitrogens with one attached hydrogen (secondary N) is 1. The molecule has 4 rings (SSSR count). The van der Waals surface area contributed by atoms with E-state index in [2.05, 4.69) is 5.32 Å². The molecular formula is C24H20FN3O4. The Hall–Kier alpha value is -4.20. The van der Waals surface area contributed by atoms with Crippen molar-refractivity contribution in [2.75, 3.05) is 12.4 Å². The molecule has 0 saturated carbocycles. The quantitative estimate of drug-likeness (QED) is 0.507. The first-order valence-corrected chi connectivity index (χ1v) is 9.87. The molecule has 0 spiro atoms. The van der Waals surface area contributed by atoms with Crippen LogP contribution in [-0.4, -0.2) is 22.2 Å². The van der Waals surface area contributed by atoms with E-state index in [0.717, 1.165) is 4.57 Å². The molecule has 0 radical (unpaired) electrons. The minimum absolute atomic E-state index is 0.0414. The molecule has 0 aliphatic rings. The number of hydrogen-bond acceptors (Lipinski definition) is 4. The van der Waals surface area contributed by atoms with E-state index in [9.17, 15) is 18.8 Å². The molecule has 0 aliphatic heterocycles. The zero-order valence-corrected chi connectivity index (χ0v) is 17.2. The van der Waals surface area contributed by atoms with Crippen molar-refractivity contribution >= 4 is 22.5 Å². The fourth-order valence-electron chi connectivity index (χ4n) is 3.48. The van der Waals surface area contributed by atoms with Crippen LogP contribution in [0.4, 0.5) is 10.1 Å². The van der Waals surface area contributed by atoms with Crippen LogP contribution in [0.5, 0.6) is 5.75 Å². The highest BCUT2D eigenvalue weighted by Crippen LogP contribution is 2.17. The number of nitrogens with zero attached hydrogens (tertiary/aromatic N) is 2. The highest BCUT2D eigenvalue weighted by Gasteiger charge is 2.16. The van der Waals surface area contributed by atoms with Crippen molar-refractivity contribution in [3.63, 3.8) is 0 Å². The van der Waals surface area contributed by atoms with Gasteiger partial charge in [-0.05, 0) is 42.0 Å². The number of hydrogen-bond donors (Lipinski definition) is 1. The molecule has 1 amide bonds. The van der Waals surface area contributed by atoms with Gasteiger partial charge in [-0.15, -0.1) is 0 Å². The van der Waals surface area contributed by atoms with Gasteiger partial charge < -0.3 is 10.1 Å². The van der Waals surface area contributed by atoms with Crippen molar-refractivity contribution in [1.82, 2.24) is 9.13 Å². The number of carbonyl (C=O) groups is 1. The Labute approximate surface area is 182 Å². The third-order valence-electron chi connectivity index (χ3n) is 5.04. The number of rotatable bonds is 6. The Morgan fingerprint density at radius 2 is 1.72 bits per heavy atom. The van der Waals surface area contributed by atoms with E-state index in [4.69, 9.17) is 4.74 Å². The summed E-state index contributed by atoms with van der Waals surface area (Å²) in [5.74, 6) is -0.262. The fourth-order valence-corrected chi connectivity index (χ4v) is 3.48. The molecule has 3 aromatic carbocycles. The number of anilines is 1.